The number of carbonyl (C=O) groups is 2. The van der Waals surface area contributed by atoms with Crippen LogP contribution in [0, 0.1) is 0 Å². The molecular weight excluding hydrogens is 314 g/mol. The number of rotatable bonds is 3. The van der Waals surface area contributed by atoms with Gasteiger partial charge < -0.3 is 14.7 Å². The van der Waals surface area contributed by atoms with Gasteiger partial charge in [-0.05, 0) is 56.9 Å². The fourth-order valence-electron chi connectivity index (χ4n) is 4.41. The number of benzene rings is 1. The molecule has 0 radical (unpaired) electrons. The lowest BCUT2D eigenvalue weighted by Crippen LogP contribution is -2.63. The second kappa shape index (κ2) is 7.06. The van der Waals surface area contributed by atoms with E-state index in [2.05, 4.69) is 0 Å². The third kappa shape index (κ3) is 3.37. The molecule has 1 spiro atoms. The van der Waals surface area contributed by atoms with Gasteiger partial charge in [-0.2, -0.15) is 0 Å². The van der Waals surface area contributed by atoms with Crippen molar-refractivity contribution in [3.05, 3.63) is 29.8 Å². The van der Waals surface area contributed by atoms with Crippen molar-refractivity contribution in [2.75, 3.05) is 38.6 Å². The van der Waals surface area contributed by atoms with Crippen molar-refractivity contribution in [1.82, 2.24) is 9.80 Å². The molecule has 0 aliphatic carbocycles. The normalized spacial score (nSPS) is 23.9. The highest BCUT2D eigenvalue weighted by molar-refractivity contribution is 5.94. The summed E-state index contributed by atoms with van der Waals surface area (Å²) in [5, 5.41) is 0. The highest BCUT2D eigenvalue weighted by Crippen LogP contribution is 2.37. The maximum atomic E-state index is 13.0. The average Bonchev–Trinajstić information content (AvgIpc) is 2.61. The van der Waals surface area contributed by atoms with Gasteiger partial charge in [-0.25, -0.2) is 0 Å². The number of likely N-dealkylation sites (N-methyl/N-ethyl adjacent to an activating group) is 1. The summed E-state index contributed by atoms with van der Waals surface area (Å²) in [4.78, 5) is 31.4. The van der Waals surface area contributed by atoms with Crippen LogP contribution in [0.4, 0.5) is 5.69 Å². The van der Waals surface area contributed by atoms with Crippen LogP contribution in [0.2, 0.25) is 0 Å². The monoisotopic (exact) mass is 343 g/mol. The Bertz CT molecular complexity index is 637. The molecule has 3 rings (SSSR count). The van der Waals surface area contributed by atoms with E-state index in [1.54, 1.807) is 0 Å². The van der Waals surface area contributed by atoms with E-state index < -0.39 is 0 Å². The zero-order valence-electron chi connectivity index (χ0n) is 15.6. The lowest BCUT2D eigenvalue weighted by Gasteiger charge is -2.52. The maximum Gasteiger partial charge on any atom is 0.253 e. The first-order valence-electron chi connectivity index (χ1n) is 9.34. The molecule has 0 saturated carbocycles. The third-order valence-corrected chi connectivity index (χ3v) is 5.70. The molecule has 0 bridgehead atoms. The molecule has 2 amide bonds. The van der Waals surface area contributed by atoms with Gasteiger partial charge in [-0.3, -0.25) is 9.59 Å². The minimum Gasteiger partial charge on any atom is -0.378 e. The van der Waals surface area contributed by atoms with Crippen LogP contribution in [0.25, 0.3) is 0 Å². The van der Waals surface area contributed by atoms with E-state index in [-0.39, 0.29) is 17.4 Å². The molecule has 2 saturated heterocycles. The predicted molar refractivity (Wildman–Crippen MR) is 99.9 cm³/mol. The number of nitrogens with zero attached hydrogens (tertiary/aromatic N) is 3. The van der Waals surface area contributed by atoms with E-state index in [1.807, 2.05) is 60.0 Å². The first-order valence-corrected chi connectivity index (χ1v) is 9.34. The van der Waals surface area contributed by atoms with Crippen molar-refractivity contribution >= 4 is 17.5 Å². The number of amides is 2. The molecule has 25 heavy (non-hydrogen) atoms. The topological polar surface area (TPSA) is 43.9 Å². The molecule has 1 aromatic carbocycles. The van der Waals surface area contributed by atoms with Crippen LogP contribution < -0.4 is 4.90 Å². The predicted octanol–water partition coefficient (Wildman–Crippen LogP) is 2.76. The fourth-order valence-corrected chi connectivity index (χ4v) is 4.41. The van der Waals surface area contributed by atoms with E-state index >= 15 is 0 Å². The van der Waals surface area contributed by atoms with Crippen molar-refractivity contribution in [3.8, 4) is 0 Å². The molecule has 5 heteroatoms. The Morgan fingerprint density at radius 1 is 1.16 bits per heavy atom. The second-order valence-corrected chi connectivity index (χ2v) is 7.49. The van der Waals surface area contributed by atoms with Crippen molar-refractivity contribution in [2.45, 2.75) is 44.6 Å². The number of hydrogen-bond acceptors (Lipinski definition) is 3. The Labute approximate surface area is 150 Å². The van der Waals surface area contributed by atoms with Crippen LogP contribution in [0.15, 0.2) is 24.3 Å². The SMILES string of the molecule is CCN1C(=O)CCC[C@]12CCCN(C(=O)c1ccc(N(C)C)cc1)C2. The van der Waals surface area contributed by atoms with Crippen LogP contribution in [0.5, 0.6) is 0 Å². The van der Waals surface area contributed by atoms with Crippen molar-refractivity contribution in [2.24, 2.45) is 0 Å². The van der Waals surface area contributed by atoms with E-state index in [1.165, 1.54) is 0 Å². The molecule has 0 N–H and O–H groups in total. The van der Waals surface area contributed by atoms with Crippen LogP contribution in [-0.2, 0) is 4.79 Å². The lowest BCUT2D eigenvalue weighted by atomic mass is 9.79. The lowest BCUT2D eigenvalue weighted by molar-refractivity contribution is -0.144. The largest absolute Gasteiger partial charge is 0.378 e. The van der Waals surface area contributed by atoms with Gasteiger partial charge in [-0.15, -0.1) is 0 Å². The third-order valence-electron chi connectivity index (χ3n) is 5.70. The zero-order valence-corrected chi connectivity index (χ0v) is 15.6. The second-order valence-electron chi connectivity index (χ2n) is 7.49. The number of piperidine rings is 2. The average molecular weight is 343 g/mol. The van der Waals surface area contributed by atoms with Gasteiger partial charge >= 0.3 is 0 Å². The van der Waals surface area contributed by atoms with E-state index in [0.717, 1.165) is 50.0 Å². The number of likely N-dealkylation sites (tertiary alicyclic amines) is 2. The molecule has 2 fully saturated rings. The van der Waals surface area contributed by atoms with Gasteiger partial charge in [0.1, 0.15) is 0 Å². The molecule has 136 valence electrons. The molecule has 2 aliphatic heterocycles. The molecular formula is C20H29N3O2. The molecule has 1 atom stereocenters. The van der Waals surface area contributed by atoms with Gasteiger partial charge in [0.2, 0.25) is 5.91 Å². The van der Waals surface area contributed by atoms with E-state index in [0.29, 0.717) is 13.0 Å². The van der Waals surface area contributed by atoms with Crippen LogP contribution in [-0.4, -0.2) is 60.9 Å². The molecule has 1 aromatic rings. The minimum atomic E-state index is -0.151. The number of carbonyl (C=O) groups excluding carboxylic acids is 2. The Morgan fingerprint density at radius 2 is 1.84 bits per heavy atom. The standard InChI is InChI=1S/C20H29N3O2/c1-4-23-18(24)7-5-12-20(23)13-6-14-22(15-20)19(25)16-8-10-17(11-9-16)21(2)3/h8-11H,4-7,12-15H2,1-3H3/t20-/m1/s1. The first kappa shape index (κ1) is 17.8. The van der Waals surface area contributed by atoms with Gasteiger partial charge in [0.25, 0.3) is 5.91 Å². The molecule has 2 heterocycles. The van der Waals surface area contributed by atoms with E-state index in [4.69, 9.17) is 0 Å². The minimum absolute atomic E-state index is 0.0819. The summed E-state index contributed by atoms with van der Waals surface area (Å²) in [6.45, 7) is 4.23. The summed E-state index contributed by atoms with van der Waals surface area (Å²) in [6.07, 6.45) is 4.57. The molecule has 0 unspecified atom stereocenters. The van der Waals surface area contributed by atoms with Gasteiger partial charge in [0.05, 0.1) is 5.54 Å². The van der Waals surface area contributed by atoms with Crippen LogP contribution in [0.1, 0.15) is 49.4 Å². The maximum absolute atomic E-state index is 13.0. The van der Waals surface area contributed by atoms with Gasteiger partial charge in [-0.1, -0.05) is 0 Å². The van der Waals surface area contributed by atoms with Crippen LogP contribution in [0.3, 0.4) is 0 Å². The van der Waals surface area contributed by atoms with Crippen molar-refractivity contribution < 1.29 is 9.59 Å². The summed E-state index contributed by atoms with van der Waals surface area (Å²) in [7, 11) is 3.98. The molecule has 0 aromatic heterocycles. The molecule has 2 aliphatic rings. The van der Waals surface area contributed by atoms with Crippen molar-refractivity contribution in [3.63, 3.8) is 0 Å². The van der Waals surface area contributed by atoms with Crippen LogP contribution >= 0.6 is 0 Å². The summed E-state index contributed by atoms with van der Waals surface area (Å²) >= 11 is 0. The zero-order chi connectivity index (χ0) is 18.0. The number of hydrogen-bond donors (Lipinski definition) is 0. The quantitative estimate of drug-likeness (QED) is 0.848. The Balaban J connectivity index is 1.78. The Morgan fingerprint density at radius 3 is 2.48 bits per heavy atom. The Hall–Kier alpha value is -2.04. The fraction of sp³-hybridized carbons (Fsp3) is 0.600. The van der Waals surface area contributed by atoms with Crippen molar-refractivity contribution in [1.29, 1.82) is 0 Å². The smallest absolute Gasteiger partial charge is 0.253 e. The summed E-state index contributed by atoms with van der Waals surface area (Å²) in [6, 6.07) is 7.77. The van der Waals surface area contributed by atoms with E-state index in [9.17, 15) is 9.59 Å². The Kier molecular flexibility index (Phi) is 5.02. The number of anilines is 1. The highest BCUT2D eigenvalue weighted by Gasteiger charge is 2.45. The molecule has 5 nitrogen and oxygen atoms in total. The first-order chi connectivity index (χ1) is 12.0. The summed E-state index contributed by atoms with van der Waals surface area (Å²) in [5.41, 5.74) is 1.66. The van der Waals surface area contributed by atoms with Gasteiger partial charge in [0, 0.05) is 51.4 Å². The summed E-state index contributed by atoms with van der Waals surface area (Å²) in [5.74, 6) is 0.330. The summed E-state index contributed by atoms with van der Waals surface area (Å²) < 4.78 is 0. The highest BCUT2D eigenvalue weighted by atomic mass is 16.2. The van der Waals surface area contributed by atoms with Gasteiger partial charge in [0.15, 0.2) is 0 Å².